The molecule has 206 valence electrons. The zero-order valence-corrected chi connectivity index (χ0v) is 23.6. The van der Waals surface area contributed by atoms with Crippen molar-refractivity contribution in [1.82, 2.24) is 10.2 Å². The number of ether oxygens (including phenoxy) is 2. The Morgan fingerprint density at radius 3 is 2.52 bits per heavy atom. The molecule has 8 heteroatoms. The number of carbonyl (C=O) groups is 2. The van der Waals surface area contributed by atoms with E-state index in [-0.39, 0.29) is 11.8 Å². The summed E-state index contributed by atoms with van der Waals surface area (Å²) in [4.78, 5) is 27.5. The van der Waals surface area contributed by atoms with Gasteiger partial charge in [0.1, 0.15) is 17.5 Å². The van der Waals surface area contributed by atoms with Crippen LogP contribution in [0, 0.1) is 6.92 Å². The smallest absolute Gasteiger partial charge is 0.246 e. The maximum Gasteiger partial charge on any atom is 0.246 e. The standard InChI is InChI=1S/C32H33N3O4S/c1-20-17-25(10-7-22(20)19-35-15-3-4-16-35)39-30-26-12-11-24(38-2)18-28(26)40-31(30)21-5-8-23(9-6-21)33-32(37)27-13-14-29(36)34-27/h5-12,17-18,27H,3-4,13-16,19H2,1-2H3,(H,33,37)(H,34,36). The van der Waals surface area contributed by atoms with Gasteiger partial charge in [-0.25, -0.2) is 0 Å². The minimum absolute atomic E-state index is 0.0826. The van der Waals surface area contributed by atoms with Gasteiger partial charge < -0.3 is 20.1 Å². The Balaban J connectivity index is 1.27. The third-order valence-electron chi connectivity index (χ3n) is 7.70. The number of anilines is 1. The number of carbonyl (C=O) groups excluding carboxylic acids is 2. The van der Waals surface area contributed by atoms with Crippen molar-refractivity contribution >= 4 is 38.9 Å². The number of rotatable bonds is 8. The van der Waals surface area contributed by atoms with Gasteiger partial charge in [0.15, 0.2) is 5.75 Å². The maximum atomic E-state index is 12.5. The van der Waals surface area contributed by atoms with Gasteiger partial charge in [-0.05, 0) is 98.4 Å². The van der Waals surface area contributed by atoms with Crippen LogP contribution < -0.4 is 20.1 Å². The lowest BCUT2D eigenvalue weighted by atomic mass is 10.1. The van der Waals surface area contributed by atoms with Crippen LogP contribution in [0.2, 0.25) is 0 Å². The Hall–Kier alpha value is -3.88. The molecule has 4 aromatic rings. The van der Waals surface area contributed by atoms with Gasteiger partial charge in [0.2, 0.25) is 11.8 Å². The molecule has 3 aromatic carbocycles. The molecule has 6 rings (SSSR count). The van der Waals surface area contributed by atoms with Crippen LogP contribution in [0.1, 0.15) is 36.8 Å². The summed E-state index contributed by atoms with van der Waals surface area (Å²) in [6.45, 7) is 5.48. The van der Waals surface area contributed by atoms with Gasteiger partial charge in [-0.15, -0.1) is 11.3 Å². The third-order valence-corrected chi connectivity index (χ3v) is 8.89. The Morgan fingerprint density at radius 1 is 1.05 bits per heavy atom. The SMILES string of the molecule is COc1ccc2c(Oc3ccc(CN4CCCC4)c(C)c3)c(-c3ccc(NC(=O)C4CCC(=O)N4)cc3)sc2c1. The number of hydrogen-bond acceptors (Lipinski definition) is 6. The molecule has 0 spiro atoms. The number of thiophene rings is 1. The van der Waals surface area contributed by atoms with Crippen LogP contribution in [-0.2, 0) is 16.1 Å². The first-order valence-corrected chi connectivity index (χ1v) is 14.6. The average Bonchev–Trinajstić information content (AvgIpc) is 3.71. The fourth-order valence-corrected chi connectivity index (χ4v) is 6.59. The van der Waals surface area contributed by atoms with Crippen molar-refractivity contribution in [3.63, 3.8) is 0 Å². The Labute approximate surface area is 238 Å². The Bertz CT molecular complexity index is 1560. The fourth-order valence-electron chi connectivity index (χ4n) is 5.43. The minimum atomic E-state index is -0.477. The number of benzene rings is 3. The summed E-state index contributed by atoms with van der Waals surface area (Å²) < 4.78 is 13.2. The molecule has 1 aromatic heterocycles. The molecule has 0 aliphatic carbocycles. The molecule has 2 amide bonds. The maximum absolute atomic E-state index is 12.5. The second-order valence-corrected chi connectivity index (χ2v) is 11.6. The zero-order chi connectivity index (χ0) is 27.6. The second kappa shape index (κ2) is 11.3. The minimum Gasteiger partial charge on any atom is -0.497 e. The number of hydrogen-bond donors (Lipinski definition) is 2. The van der Waals surface area contributed by atoms with Crippen molar-refractivity contribution < 1.29 is 19.1 Å². The molecule has 0 bridgehead atoms. The molecule has 1 unspecified atom stereocenters. The molecule has 2 aliphatic rings. The predicted octanol–water partition coefficient (Wildman–Crippen LogP) is 6.49. The van der Waals surface area contributed by atoms with Gasteiger partial charge in [0, 0.05) is 28.7 Å². The van der Waals surface area contributed by atoms with E-state index in [1.54, 1.807) is 18.4 Å². The van der Waals surface area contributed by atoms with E-state index >= 15 is 0 Å². The number of amides is 2. The molecule has 0 radical (unpaired) electrons. The number of fused-ring (bicyclic) bond motifs is 1. The summed E-state index contributed by atoms with van der Waals surface area (Å²) in [5, 5.41) is 6.65. The van der Waals surface area contributed by atoms with E-state index < -0.39 is 6.04 Å². The van der Waals surface area contributed by atoms with E-state index in [1.807, 2.05) is 42.5 Å². The fraction of sp³-hybridized carbons (Fsp3) is 0.312. The van der Waals surface area contributed by atoms with Crippen molar-refractivity contribution in [3.05, 3.63) is 71.8 Å². The summed E-state index contributed by atoms with van der Waals surface area (Å²) in [7, 11) is 1.67. The number of aryl methyl sites for hydroxylation is 1. The monoisotopic (exact) mass is 555 g/mol. The first kappa shape index (κ1) is 26.3. The molecule has 0 saturated carbocycles. The van der Waals surface area contributed by atoms with Crippen LogP contribution in [0.4, 0.5) is 5.69 Å². The highest BCUT2D eigenvalue weighted by Gasteiger charge is 2.27. The van der Waals surface area contributed by atoms with Gasteiger partial charge in [-0.2, -0.15) is 0 Å². The summed E-state index contributed by atoms with van der Waals surface area (Å²) in [5.74, 6) is 2.13. The summed E-state index contributed by atoms with van der Waals surface area (Å²) in [5.41, 5.74) is 4.24. The number of nitrogens with one attached hydrogen (secondary N) is 2. The van der Waals surface area contributed by atoms with Gasteiger partial charge in [0.25, 0.3) is 0 Å². The molecule has 3 heterocycles. The summed E-state index contributed by atoms with van der Waals surface area (Å²) in [6.07, 6.45) is 3.47. The highest BCUT2D eigenvalue weighted by atomic mass is 32.1. The quantitative estimate of drug-likeness (QED) is 0.260. The molecular weight excluding hydrogens is 522 g/mol. The molecule has 1 atom stereocenters. The molecular formula is C32H33N3O4S. The van der Waals surface area contributed by atoms with Gasteiger partial charge in [-0.3, -0.25) is 14.5 Å². The van der Waals surface area contributed by atoms with E-state index in [4.69, 9.17) is 9.47 Å². The highest BCUT2D eigenvalue weighted by molar-refractivity contribution is 7.22. The van der Waals surface area contributed by atoms with Crippen molar-refractivity contribution in [2.45, 2.75) is 45.2 Å². The topological polar surface area (TPSA) is 79.9 Å². The number of likely N-dealkylation sites (tertiary alicyclic amines) is 1. The largest absolute Gasteiger partial charge is 0.497 e. The van der Waals surface area contributed by atoms with Gasteiger partial charge in [0.05, 0.1) is 12.0 Å². The lowest BCUT2D eigenvalue weighted by molar-refractivity contribution is -0.122. The van der Waals surface area contributed by atoms with Crippen LogP contribution >= 0.6 is 11.3 Å². The molecule has 2 N–H and O–H groups in total. The van der Waals surface area contributed by atoms with Crippen LogP contribution in [0.25, 0.3) is 20.5 Å². The van der Waals surface area contributed by atoms with Crippen molar-refractivity contribution in [1.29, 1.82) is 0 Å². The summed E-state index contributed by atoms with van der Waals surface area (Å²) >= 11 is 1.65. The third kappa shape index (κ3) is 5.55. The number of nitrogens with zero attached hydrogens (tertiary/aromatic N) is 1. The predicted molar refractivity (Wildman–Crippen MR) is 159 cm³/mol. The Morgan fingerprint density at radius 2 is 1.82 bits per heavy atom. The first-order chi connectivity index (χ1) is 19.5. The van der Waals surface area contributed by atoms with Gasteiger partial charge >= 0.3 is 0 Å². The lowest BCUT2D eigenvalue weighted by Crippen LogP contribution is -2.37. The van der Waals surface area contributed by atoms with E-state index in [9.17, 15) is 9.59 Å². The van der Waals surface area contributed by atoms with E-state index in [2.05, 4.69) is 40.7 Å². The molecule has 2 fully saturated rings. The normalized spacial score (nSPS) is 17.2. The number of methoxy groups -OCH3 is 1. The highest BCUT2D eigenvalue weighted by Crippen LogP contribution is 2.47. The van der Waals surface area contributed by atoms with Crippen LogP contribution in [0.15, 0.2) is 60.7 Å². The van der Waals surface area contributed by atoms with Crippen LogP contribution in [0.5, 0.6) is 17.2 Å². The molecule has 7 nitrogen and oxygen atoms in total. The van der Waals surface area contributed by atoms with E-state index in [0.29, 0.717) is 18.5 Å². The van der Waals surface area contributed by atoms with Crippen molar-refractivity contribution in [3.8, 4) is 27.7 Å². The van der Waals surface area contributed by atoms with Crippen LogP contribution in [-0.4, -0.2) is 43.0 Å². The van der Waals surface area contributed by atoms with Crippen molar-refractivity contribution in [2.24, 2.45) is 0 Å². The van der Waals surface area contributed by atoms with Crippen molar-refractivity contribution in [2.75, 3.05) is 25.5 Å². The van der Waals surface area contributed by atoms with Crippen LogP contribution in [0.3, 0.4) is 0 Å². The first-order valence-electron chi connectivity index (χ1n) is 13.8. The zero-order valence-electron chi connectivity index (χ0n) is 22.8. The summed E-state index contributed by atoms with van der Waals surface area (Å²) in [6, 6.07) is 19.7. The molecule has 2 saturated heterocycles. The lowest BCUT2D eigenvalue weighted by Gasteiger charge is -2.17. The Kier molecular flexibility index (Phi) is 7.45. The van der Waals surface area contributed by atoms with E-state index in [1.165, 1.54) is 37.1 Å². The van der Waals surface area contributed by atoms with Gasteiger partial charge in [-0.1, -0.05) is 18.2 Å². The average molecular weight is 556 g/mol. The molecule has 40 heavy (non-hydrogen) atoms. The van der Waals surface area contributed by atoms with E-state index in [0.717, 1.165) is 44.3 Å². The molecule has 2 aliphatic heterocycles. The second-order valence-electron chi connectivity index (χ2n) is 10.5.